The predicted octanol–water partition coefficient (Wildman–Crippen LogP) is 2.75. The summed E-state index contributed by atoms with van der Waals surface area (Å²) in [6, 6.07) is 13.6. The van der Waals surface area contributed by atoms with E-state index in [0.29, 0.717) is 11.3 Å². The van der Waals surface area contributed by atoms with Crippen molar-refractivity contribution >= 4 is 16.7 Å². The number of rotatable bonds is 1. The van der Waals surface area contributed by atoms with Crippen molar-refractivity contribution in [2.24, 2.45) is 0 Å². The van der Waals surface area contributed by atoms with E-state index in [-0.39, 0.29) is 22.3 Å². The minimum absolute atomic E-state index is 0.00617. The zero-order valence-corrected chi connectivity index (χ0v) is 9.96. The van der Waals surface area contributed by atoms with Gasteiger partial charge < -0.3 is 15.3 Å². The van der Waals surface area contributed by atoms with E-state index in [1.807, 2.05) is 30.3 Å². The molecule has 0 amide bonds. The number of fused-ring (bicyclic) bond motifs is 1. The lowest BCUT2D eigenvalue weighted by atomic mass is 10.1. The maximum Gasteiger partial charge on any atom is 0.216 e. The third-order valence-electron chi connectivity index (χ3n) is 2.95. The van der Waals surface area contributed by atoms with Crippen LogP contribution in [0.1, 0.15) is 0 Å². The molecular weight excluding hydrogens is 242 g/mol. The predicted molar refractivity (Wildman–Crippen MR) is 74.0 cm³/mol. The Morgan fingerprint density at radius 3 is 2.53 bits per heavy atom. The third-order valence-corrected chi connectivity index (χ3v) is 2.95. The van der Waals surface area contributed by atoms with Gasteiger partial charge in [-0.25, -0.2) is 0 Å². The standard InChI is InChI=1S/C15H11NO3/c16-13-14(18)11-8-10(17)6-7-12(11)19-15(13)9-4-2-1-3-5-9/h1-8,17H,16H2. The van der Waals surface area contributed by atoms with Crippen molar-refractivity contribution in [3.63, 3.8) is 0 Å². The summed E-state index contributed by atoms with van der Waals surface area (Å²) in [5.41, 5.74) is 6.69. The molecule has 19 heavy (non-hydrogen) atoms. The Labute approximate surface area is 108 Å². The van der Waals surface area contributed by atoms with Crippen LogP contribution in [0.2, 0.25) is 0 Å². The van der Waals surface area contributed by atoms with Crippen LogP contribution in [0, 0.1) is 0 Å². The minimum atomic E-state index is -0.337. The van der Waals surface area contributed by atoms with Crippen LogP contribution >= 0.6 is 0 Å². The van der Waals surface area contributed by atoms with Gasteiger partial charge in [0.25, 0.3) is 0 Å². The summed E-state index contributed by atoms with van der Waals surface area (Å²) in [6.45, 7) is 0. The van der Waals surface area contributed by atoms with Gasteiger partial charge in [0.15, 0.2) is 5.76 Å². The molecule has 3 N–H and O–H groups in total. The molecule has 4 nitrogen and oxygen atoms in total. The normalized spacial score (nSPS) is 10.7. The molecule has 1 aromatic heterocycles. The second kappa shape index (κ2) is 4.17. The lowest BCUT2D eigenvalue weighted by molar-refractivity contribution is 0.475. The Hall–Kier alpha value is -2.75. The fraction of sp³-hybridized carbons (Fsp3) is 0. The van der Waals surface area contributed by atoms with Crippen LogP contribution in [0.25, 0.3) is 22.3 Å². The quantitative estimate of drug-likeness (QED) is 0.699. The molecule has 0 radical (unpaired) electrons. The molecule has 0 atom stereocenters. The summed E-state index contributed by atoms with van der Waals surface area (Å²) in [4.78, 5) is 12.2. The first-order valence-corrected chi connectivity index (χ1v) is 5.77. The topological polar surface area (TPSA) is 76.5 Å². The van der Waals surface area contributed by atoms with Crippen LogP contribution in [-0.2, 0) is 0 Å². The molecule has 0 fully saturated rings. The molecule has 94 valence electrons. The maximum atomic E-state index is 12.2. The van der Waals surface area contributed by atoms with Crippen molar-refractivity contribution in [2.75, 3.05) is 5.73 Å². The maximum absolute atomic E-state index is 12.2. The zero-order valence-electron chi connectivity index (χ0n) is 9.96. The van der Waals surface area contributed by atoms with E-state index in [1.54, 1.807) is 6.07 Å². The van der Waals surface area contributed by atoms with Crippen molar-refractivity contribution in [3.05, 3.63) is 58.8 Å². The third kappa shape index (κ3) is 1.83. The lowest BCUT2D eigenvalue weighted by Crippen LogP contribution is -2.09. The van der Waals surface area contributed by atoms with E-state index in [9.17, 15) is 9.90 Å². The molecule has 4 heteroatoms. The number of aromatic hydroxyl groups is 1. The summed E-state index contributed by atoms with van der Waals surface area (Å²) in [5.74, 6) is 0.357. The lowest BCUT2D eigenvalue weighted by Gasteiger charge is -2.06. The second-order valence-corrected chi connectivity index (χ2v) is 4.22. The first-order chi connectivity index (χ1) is 9.16. The number of benzene rings is 2. The molecule has 0 saturated heterocycles. The van der Waals surface area contributed by atoms with Gasteiger partial charge in [-0.3, -0.25) is 4.79 Å². The minimum Gasteiger partial charge on any atom is -0.508 e. The van der Waals surface area contributed by atoms with Crippen molar-refractivity contribution in [3.8, 4) is 17.1 Å². The van der Waals surface area contributed by atoms with Gasteiger partial charge >= 0.3 is 0 Å². The van der Waals surface area contributed by atoms with Gasteiger partial charge in [0.05, 0.1) is 5.39 Å². The van der Waals surface area contributed by atoms with Gasteiger partial charge in [-0.2, -0.15) is 0 Å². The van der Waals surface area contributed by atoms with Crippen molar-refractivity contribution < 1.29 is 9.52 Å². The highest BCUT2D eigenvalue weighted by molar-refractivity contribution is 5.85. The SMILES string of the molecule is Nc1c(-c2ccccc2)oc2ccc(O)cc2c1=O. The molecular formula is C15H11NO3. The number of hydrogen-bond acceptors (Lipinski definition) is 4. The Morgan fingerprint density at radius 1 is 1.05 bits per heavy atom. The highest BCUT2D eigenvalue weighted by Crippen LogP contribution is 2.28. The van der Waals surface area contributed by atoms with Crippen molar-refractivity contribution in [1.82, 2.24) is 0 Å². The number of hydrogen-bond donors (Lipinski definition) is 2. The molecule has 0 bridgehead atoms. The number of nitrogens with two attached hydrogens (primary N) is 1. The fourth-order valence-corrected chi connectivity index (χ4v) is 2.00. The van der Waals surface area contributed by atoms with Crippen LogP contribution in [0.3, 0.4) is 0 Å². The van der Waals surface area contributed by atoms with Crippen LogP contribution in [0.5, 0.6) is 5.75 Å². The van der Waals surface area contributed by atoms with E-state index in [0.717, 1.165) is 5.56 Å². The Morgan fingerprint density at radius 2 is 1.79 bits per heavy atom. The molecule has 0 aliphatic heterocycles. The first-order valence-electron chi connectivity index (χ1n) is 5.77. The number of nitrogen functional groups attached to an aromatic ring is 1. The van der Waals surface area contributed by atoms with Crippen molar-refractivity contribution in [2.45, 2.75) is 0 Å². The average molecular weight is 253 g/mol. The van der Waals surface area contributed by atoms with Gasteiger partial charge in [0, 0.05) is 5.56 Å². The van der Waals surface area contributed by atoms with Gasteiger partial charge in [0.1, 0.15) is 17.0 Å². The van der Waals surface area contributed by atoms with Crippen LogP contribution < -0.4 is 11.2 Å². The molecule has 0 aliphatic rings. The fourth-order valence-electron chi connectivity index (χ4n) is 2.00. The first kappa shape index (κ1) is 11.3. The number of phenols is 1. The van der Waals surface area contributed by atoms with E-state index >= 15 is 0 Å². The molecule has 0 unspecified atom stereocenters. The van der Waals surface area contributed by atoms with E-state index in [4.69, 9.17) is 10.2 Å². The van der Waals surface area contributed by atoms with E-state index in [1.165, 1.54) is 12.1 Å². The number of phenolic OH excluding ortho intramolecular Hbond substituents is 1. The molecule has 1 heterocycles. The summed E-state index contributed by atoms with van der Waals surface area (Å²) in [6.07, 6.45) is 0. The molecule has 2 aromatic carbocycles. The van der Waals surface area contributed by atoms with Crippen LogP contribution in [0.15, 0.2) is 57.7 Å². The molecule has 0 aliphatic carbocycles. The molecule has 0 spiro atoms. The Balaban J connectivity index is 2.37. The second-order valence-electron chi connectivity index (χ2n) is 4.22. The van der Waals surface area contributed by atoms with Gasteiger partial charge in [-0.1, -0.05) is 30.3 Å². The smallest absolute Gasteiger partial charge is 0.216 e. The monoisotopic (exact) mass is 253 g/mol. The van der Waals surface area contributed by atoms with E-state index < -0.39 is 0 Å². The van der Waals surface area contributed by atoms with Gasteiger partial charge in [-0.15, -0.1) is 0 Å². The largest absolute Gasteiger partial charge is 0.508 e. The highest BCUT2D eigenvalue weighted by Gasteiger charge is 2.13. The van der Waals surface area contributed by atoms with E-state index in [2.05, 4.69) is 0 Å². The van der Waals surface area contributed by atoms with Crippen LogP contribution in [0.4, 0.5) is 5.69 Å². The molecule has 3 aromatic rings. The molecule has 0 saturated carbocycles. The summed E-state index contributed by atoms with van der Waals surface area (Å²) in [5, 5.41) is 9.69. The van der Waals surface area contributed by atoms with Crippen LogP contribution in [-0.4, -0.2) is 5.11 Å². The zero-order chi connectivity index (χ0) is 13.4. The van der Waals surface area contributed by atoms with Crippen molar-refractivity contribution in [1.29, 1.82) is 0 Å². The number of anilines is 1. The highest BCUT2D eigenvalue weighted by atomic mass is 16.3. The average Bonchev–Trinajstić information content (AvgIpc) is 2.44. The summed E-state index contributed by atoms with van der Waals surface area (Å²) in [7, 11) is 0. The summed E-state index contributed by atoms with van der Waals surface area (Å²) >= 11 is 0. The Kier molecular flexibility index (Phi) is 2.49. The van der Waals surface area contributed by atoms with Gasteiger partial charge in [0.2, 0.25) is 5.43 Å². The molecule has 3 rings (SSSR count). The van der Waals surface area contributed by atoms with Gasteiger partial charge in [-0.05, 0) is 18.2 Å². The summed E-state index contributed by atoms with van der Waals surface area (Å²) < 4.78 is 5.68. The Bertz CT molecular complexity index is 807.